The fraction of sp³-hybridized carbons (Fsp3) is 0. The van der Waals surface area contributed by atoms with E-state index >= 15 is 0 Å². The fourth-order valence-electron chi connectivity index (χ4n) is 3.00. The van der Waals surface area contributed by atoms with Gasteiger partial charge in [-0.25, -0.2) is 0 Å². The Kier molecular flexibility index (Phi) is 6.68. The Morgan fingerprint density at radius 1 is 0.444 bits per heavy atom. The lowest BCUT2D eigenvalue weighted by atomic mass is 10.2. The molecule has 4 aromatic rings. The largest absolute Gasteiger partial charge is 0.545 e. The van der Waals surface area contributed by atoms with E-state index in [4.69, 9.17) is 0 Å². The molecule has 3 N–H and O–H groups in total. The van der Waals surface area contributed by atoms with Crippen LogP contribution in [0.2, 0.25) is 0 Å². The van der Waals surface area contributed by atoms with Gasteiger partial charge in [-0.15, -0.1) is 0 Å². The van der Waals surface area contributed by atoms with Crippen molar-refractivity contribution in [2.75, 3.05) is 16.0 Å². The molecule has 0 spiro atoms. The van der Waals surface area contributed by atoms with Gasteiger partial charge in [0.15, 0.2) is 0 Å². The first-order valence-electron chi connectivity index (χ1n) is 10.3. The van der Waals surface area contributed by atoms with E-state index < -0.39 is 17.9 Å². The lowest BCUT2D eigenvalue weighted by Gasteiger charge is -2.12. The molecule has 0 amide bonds. The van der Waals surface area contributed by atoms with Crippen LogP contribution >= 0.6 is 0 Å². The third kappa shape index (κ3) is 5.88. The van der Waals surface area contributed by atoms with E-state index in [1.807, 2.05) is 0 Å². The number of aromatic carboxylic acids is 3. The maximum atomic E-state index is 11.0. The lowest BCUT2D eigenvalue weighted by Crippen LogP contribution is -2.22. The van der Waals surface area contributed by atoms with Gasteiger partial charge in [0.25, 0.3) is 0 Å². The van der Waals surface area contributed by atoms with Crippen LogP contribution in [-0.2, 0) is 0 Å². The molecule has 3 aromatic carbocycles. The highest BCUT2D eigenvalue weighted by molar-refractivity contribution is 5.87. The monoisotopic (exact) mass is 483 g/mol. The van der Waals surface area contributed by atoms with Crippen molar-refractivity contribution < 1.29 is 29.7 Å². The third-order valence-electron chi connectivity index (χ3n) is 4.77. The highest BCUT2D eigenvalue weighted by Gasteiger charge is 2.09. The summed E-state index contributed by atoms with van der Waals surface area (Å²) in [5, 5.41) is 41.7. The summed E-state index contributed by atoms with van der Waals surface area (Å²) in [6.45, 7) is 0. The van der Waals surface area contributed by atoms with Crippen molar-refractivity contribution in [2.24, 2.45) is 0 Å². The van der Waals surface area contributed by atoms with Gasteiger partial charge in [-0.1, -0.05) is 36.4 Å². The molecule has 0 fully saturated rings. The number of nitrogens with zero attached hydrogens (tertiary/aromatic N) is 3. The number of carbonyl (C=O) groups is 3. The molecule has 180 valence electrons. The minimum atomic E-state index is -1.31. The molecule has 4 rings (SSSR count). The van der Waals surface area contributed by atoms with Crippen LogP contribution < -0.4 is 31.3 Å². The molecule has 36 heavy (non-hydrogen) atoms. The fourth-order valence-corrected chi connectivity index (χ4v) is 3.00. The summed E-state index contributed by atoms with van der Waals surface area (Å²) in [7, 11) is 0. The summed E-state index contributed by atoms with van der Waals surface area (Å²) < 4.78 is 0. The third-order valence-corrected chi connectivity index (χ3v) is 4.77. The summed E-state index contributed by atoms with van der Waals surface area (Å²) in [6.07, 6.45) is 0. The summed E-state index contributed by atoms with van der Waals surface area (Å²) >= 11 is 0. The maximum absolute atomic E-state index is 11.0. The zero-order chi connectivity index (χ0) is 25.7. The topological polar surface area (TPSA) is 195 Å². The Morgan fingerprint density at radius 3 is 0.861 bits per heavy atom. The standard InChI is InChI=1S/C24H18N6O6/c31-19(32)13-1-7-16(8-2-13)25-22-28-23(26-17-9-3-14(4-10-17)20(33)34)30-24(29-22)27-18-11-5-15(6-12-18)21(35)36/h1-12H,(H,31,32)(H,33,34)(H,35,36)(H3,25,26,27,28,29,30)/p-3. The summed E-state index contributed by atoms with van der Waals surface area (Å²) in [4.78, 5) is 45.8. The van der Waals surface area contributed by atoms with Crippen LogP contribution in [-0.4, -0.2) is 32.9 Å². The number of aromatic nitrogens is 3. The van der Waals surface area contributed by atoms with E-state index in [-0.39, 0.29) is 34.5 Å². The van der Waals surface area contributed by atoms with Crippen LogP contribution in [0.25, 0.3) is 0 Å². The van der Waals surface area contributed by atoms with Gasteiger partial charge in [-0.2, -0.15) is 15.0 Å². The number of anilines is 6. The van der Waals surface area contributed by atoms with Crippen molar-refractivity contribution in [3.05, 3.63) is 89.5 Å². The molecule has 0 aliphatic heterocycles. The second-order valence-electron chi connectivity index (χ2n) is 7.28. The Balaban J connectivity index is 1.62. The van der Waals surface area contributed by atoms with Crippen molar-refractivity contribution in [1.29, 1.82) is 0 Å². The van der Waals surface area contributed by atoms with Gasteiger partial charge in [0.05, 0.1) is 17.9 Å². The van der Waals surface area contributed by atoms with E-state index in [0.717, 1.165) is 0 Å². The van der Waals surface area contributed by atoms with Crippen LogP contribution in [0, 0.1) is 0 Å². The Labute approximate surface area is 203 Å². The molecular formula is C24H15N6O6-3. The maximum Gasteiger partial charge on any atom is 0.233 e. The number of carboxylic acid groups (broad SMARTS) is 3. The van der Waals surface area contributed by atoms with Crippen LogP contribution in [0.5, 0.6) is 0 Å². The molecule has 12 heteroatoms. The van der Waals surface area contributed by atoms with Gasteiger partial charge in [0.1, 0.15) is 0 Å². The van der Waals surface area contributed by atoms with Gasteiger partial charge < -0.3 is 45.7 Å². The van der Waals surface area contributed by atoms with E-state index in [1.165, 1.54) is 72.8 Å². The van der Waals surface area contributed by atoms with Crippen molar-refractivity contribution in [1.82, 2.24) is 15.0 Å². The molecule has 1 heterocycles. The van der Waals surface area contributed by atoms with Crippen LogP contribution in [0.3, 0.4) is 0 Å². The molecule has 0 unspecified atom stereocenters. The number of carboxylic acids is 3. The molecule has 0 aliphatic rings. The number of carbonyl (C=O) groups excluding carboxylic acids is 3. The van der Waals surface area contributed by atoms with Crippen LogP contribution in [0.15, 0.2) is 72.8 Å². The molecule has 0 saturated heterocycles. The SMILES string of the molecule is O=C([O-])c1ccc(Nc2nc(Nc3ccc(C(=O)[O-])cc3)nc(Nc3ccc(C(=O)[O-])cc3)n2)cc1. The Bertz CT molecular complexity index is 1240. The molecule has 0 aliphatic carbocycles. The minimum absolute atomic E-state index is 0.000855. The molecule has 12 nitrogen and oxygen atoms in total. The predicted molar refractivity (Wildman–Crippen MR) is 122 cm³/mol. The van der Waals surface area contributed by atoms with Crippen molar-refractivity contribution in [3.8, 4) is 0 Å². The van der Waals surface area contributed by atoms with Crippen molar-refractivity contribution in [2.45, 2.75) is 0 Å². The van der Waals surface area contributed by atoms with Crippen LogP contribution in [0.4, 0.5) is 34.9 Å². The second kappa shape index (κ2) is 10.2. The number of hydrogen-bond acceptors (Lipinski definition) is 12. The van der Waals surface area contributed by atoms with E-state index in [9.17, 15) is 29.7 Å². The first-order valence-corrected chi connectivity index (χ1v) is 10.3. The van der Waals surface area contributed by atoms with Crippen molar-refractivity contribution >= 4 is 52.8 Å². The Hall–Kier alpha value is -5.52. The average Bonchev–Trinajstić information content (AvgIpc) is 2.85. The minimum Gasteiger partial charge on any atom is -0.545 e. The lowest BCUT2D eigenvalue weighted by molar-refractivity contribution is -0.256. The normalized spacial score (nSPS) is 10.3. The molecule has 0 radical (unpaired) electrons. The van der Waals surface area contributed by atoms with Gasteiger partial charge >= 0.3 is 0 Å². The highest BCUT2D eigenvalue weighted by Crippen LogP contribution is 2.21. The first-order chi connectivity index (χ1) is 17.3. The van der Waals surface area contributed by atoms with Gasteiger partial charge in [-0.3, -0.25) is 0 Å². The van der Waals surface area contributed by atoms with Gasteiger partial charge in [-0.05, 0) is 53.1 Å². The Morgan fingerprint density at radius 2 is 0.667 bits per heavy atom. The van der Waals surface area contributed by atoms with E-state index in [1.54, 1.807) is 0 Å². The molecule has 0 atom stereocenters. The molecule has 0 saturated carbocycles. The van der Waals surface area contributed by atoms with E-state index in [0.29, 0.717) is 17.1 Å². The van der Waals surface area contributed by atoms with Crippen molar-refractivity contribution in [3.63, 3.8) is 0 Å². The number of rotatable bonds is 9. The molecule has 0 bridgehead atoms. The van der Waals surface area contributed by atoms with Gasteiger partial charge in [0.2, 0.25) is 17.8 Å². The first kappa shape index (κ1) is 23.6. The van der Waals surface area contributed by atoms with Gasteiger partial charge in [0, 0.05) is 17.1 Å². The number of nitrogens with one attached hydrogen (secondary N) is 3. The number of hydrogen-bond donors (Lipinski definition) is 3. The average molecular weight is 483 g/mol. The number of benzene rings is 3. The smallest absolute Gasteiger partial charge is 0.233 e. The van der Waals surface area contributed by atoms with Crippen LogP contribution in [0.1, 0.15) is 31.1 Å². The predicted octanol–water partition coefficient (Wildman–Crippen LogP) is 0.193. The quantitative estimate of drug-likeness (QED) is 0.293. The zero-order valence-corrected chi connectivity index (χ0v) is 18.2. The highest BCUT2D eigenvalue weighted by atomic mass is 16.4. The molecule has 1 aromatic heterocycles. The van der Waals surface area contributed by atoms with E-state index in [2.05, 4.69) is 30.9 Å². The summed E-state index contributed by atoms with van der Waals surface area (Å²) in [5.41, 5.74) is 1.46. The zero-order valence-electron chi connectivity index (χ0n) is 18.2. The molecular weight excluding hydrogens is 468 g/mol. The summed E-state index contributed by atoms with van der Waals surface area (Å²) in [5.74, 6) is -3.66. The second-order valence-corrected chi connectivity index (χ2v) is 7.28. The summed E-state index contributed by atoms with van der Waals surface area (Å²) in [6, 6.07) is 17.2.